The van der Waals surface area contributed by atoms with Gasteiger partial charge in [-0.25, -0.2) is 9.78 Å². The quantitative estimate of drug-likeness (QED) is 0.593. The fourth-order valence-electron chi connectivity index (χ4n) is 3.44. The second-order valence-corrected chi connectivity index (χ2v) is 7.25. The van der Waals surface area contributed by atoms with Crippen LogP contribution in [0.25, 0.3) is 0 Å². The molecule has 0 aliphatic carbocycles. The molecule has 10 heteroatoms. The maximum absolute atomic E-state index is 12.6. The summed E-state index contributed by atoms with van der Waals surface area (Å²) in [4.78, 5) is 44.8. The lowest BCUT2D eigenvalue weighted by Gasteiger charge is -2.35. The Kier molecular flexibility index (Phi) is 8.06. The summed E-state index contributed by atoms with van der Waals surface area (Å²) < 4.78 is 15.3. The van der Waals surface area contributed by atoms with E-state index in [2.05, 4.69) is 10.3 Å². The molecule has 176 valence electrons. The van der Waals surface area contributed by atoms with Gasteiger partial charge in [0.25, 0.3) is 5.91 Å². The summed E-state index contributed by atoms with van der Waals surface area (Å²) in [6, 6.07) is 8.27. The molecule has 2 amide bonds. The number of aromatic nitrogens is 1. The minimum absolute atomic E-state index is 0.0976. The molecular formula is C23H28N4O6. The van der Waals surface area contributed by atoms with Gasteiger partial charge in [-0.05, 0) is 37.3 Å². The van der Waals surface area contributed by atoms with Gasteiger partial charge in [-0.15, -0.1) is 0 Å². The smallest absolute Gasteiger partial charge is 0.339 e. The van der Waals surface area contributed by atoms with Crippen molar-refractivity contribution >= 4 is 23.6 Å². The van der Waals surface area contributed by atoms with Crippen LogP contribution in [0.2, 0.25) is 0 Å². The molecule has 33 heavy (non-hydrogen) atoms. The fraction of sp³-hybridized carbons (Fsp3) is 0.391. The number of ether oxygens (including phenoxy) is 3. The number of methoxy groups -OCH3 is 2. The molecule has 0 bridgehead atoms. The van der Waals surface area contributed by atoms with Crippen LogP contribution in [0, 0.1) is 0 Å². The topological polar surface area (TPSA) is 110 Å². The van der Waals surface area contributed by atoms with Crippen molar-refractivity contribution in [2.75, 3.05) is 58.5 Å². The van der Waals surface area contributed by atoms with Crippen LogP contribution in [0.1, 0.15) is 27.6 Å². The molecule has 0 unspecified atom stereocenters. The second-order valence-electron chi connectivity index (χ2n) is 7.25. The number of benzene rings is 1. The molecule has 0 radical (unpaired) electrons. The van der Waals surface area contributed by atoms with Crippen molar-refractivity contribution in [3.63, 3.8) is 0 Å². The van der Waals surface area contributed by atoms with Gasteiger partial charge >= 0.3 is 5.97 Å². The molecule has 1 aliphatic heterocycles. The molecule has 1 N–H and O–H groups in total. The van der Waals surface area contributed by atoms with E-state index in [1.807, 2.05) is 4.90 Å². The van der Waals surface area contributed by atoms with E-state index in [0.29, 0.717) is 55.4 Å². The zero-order chi connectivity index (χ0) is 23.8. The van der Waals surface area contributed by atoms with E-state index >= 15 is 0 Å². The van der Waals surface area contributed by atoms with Crippen molar-refractivity contribution in [1.29, 1.82) is 0 Å². The largest absolute Gasteiger partial charge is 0.493 e. The van der Waals surface area contributed by atoms with Crippen molar-refractivity contribution in [3.05, 3.63) is 47.7 Å². The molecule has 1 saturated heterocycles. The summed E-state index contributed by atoms with van der Waals surface area (Å²) in [6.45, 7) is 4.17. The lowest BCUT2D eigenvalue weighted by molar-refractivity contribution is -0.130. The molecule has 3 rings (SSSR count). The van der Waals surface area contributed by atoms with Crippen LogP contribution >= 0.6 is 0 Å². The number of hydrogen-bond acceptors (Lipinski definition) is 8. The van der Waals surface area contributed by atoms with Crippen molar-refractivity contribution in [3.8, 4) is 11.5 Å². The van der Waals surface area contributed by atoms with Gasteiger partial charge in [0.05, 0.1) is 32.9 Å². The predicted octanol–water partition coefficient (Wildman–Crippen LogP) is 1.35. The summed E-state index contributed by atoms with van der Waals surface area (Å²) in [7, 11) is 3.01. The van der Waals surface area contributed by atoms with Gasteiger partial charge in [-0.3, -0.25) is 9.59 Å². The monoisotopic (exact) mass is 456 g/mol. The van der Waals surface area contributed by atoms with Crippen molar-refractivity contribution in [2.24, 2.45) is 0 Å². The number of carbonyl (C=O) groups is 3. The molecule has 1 aromatic carbocycles. The van der Waals surface area contributed by atoms with Crippen LogP contribution in [-0.4, -0.2) is 81.2 Å². The van der Waals surface area contributed by atoms with Gasteiger partial charge in [-0.1, -0.05) is 0 Å². The zero-order valence-electron chi connectivity index (χ0n) is 19.0. The van der Waals surface area contributed by atoms with Crippen molar-refractivity contribution in [1.82, 2.24) is 15.2 Å². The molecule has 0 saturated carbocycles. The number of nitrogens with zero attached hydrogens (tertiary/aromatic N) is 3. The summed E-state index contributed by atoms with van der Waals surface area (Å²) >= 11 is 0. The van der Waals surface area contributed by atoms with Gasteiger partial charge in [0.15, 0.2) is 11.5 Å². The average molecular weight is 456 g/mol. The number of anilines is 1. The number of pyridine rings is 1. The highest BCUT2D eigenvalue weighted by Crippen LogP contribution is 2.27. The summed E-state index contributed by atoms with van der Waals surface area (Å²) in [6.07, 6.45) is 1.49. The van der Waals surface area contributed by atoms with Crippen LogP contribution in [0.3, 0.4) is 0 Å². The van der Waals surface area contributed by atoms with Crippen molar-refractivity contribution in [2.45, 2.75) is 6.92 Å². The maximum atomic E-state index is 12.6. The van der Waals surface area contributed by atoms with E-state index in [9.17, 15) is 14.4 Å². The number of hydrogen-bond donors (Lipinski definition) is 1. The van der Waals surface area contributed by atoms with Crippen molar-refractivity contribution < 1.29 is 28.6 Å². The molecule has 0 spiro atoms. The second kappa shape index (κ2) is 11.2. The first-order chi connectivity index (χ1) is 16.0. The van der Waals surface area contributed by atoms with E-state index in [1.54, 1.807) is 42.2 Å². The fourth-order valence-corrected chi connectivity index (χ4v) is 3.44. The normalized spacial score (nSPS) is 13.3. The summed E-state index contributed by atoms with van der Waals surface area (Å²) in [5, 5.41) is 2.66. The zero-order valence-corrected chi connectivity index (χ0v) is 19.0. The minimum Gasteiger partial charge on any atom is -0.493 e. The Hall–Kier alpha value is -3.82. The van der Waals surface area contributed by atoms with Gasteiger partial charge in [0, 0.05) is 37.9 Å². The summed E-state index contributed by atoms with van der Waals surface area (Å²) in [5.41, 5.74) is 0.780. The third kappa shape index (κ3) is 5.91. The first-order valence-corrected chi connectivity index (χ1v) is 10.6. The maximum Gasteiger partial charge on any atom is 0.339 e. The molecular weight excluding hydrogens is 428 g/mol. The number of piperazine rings is 1. The van der Waals surface area contributed by atoms with Gasteiger partial charge in [-0.2, -0.15) is 0 Å². The highest BCUT2D eigenvalue weighted by Gasteiger charge is 2.23. The summed E-state index contributed by atoms with van der Waals surface area (Å²) in [5.74, 6) is 0.770. The molecule has 1 fully saturated rings. The van der Waals surface area contributed by atoms with Crippen LogP contribution in [0.4, 0.5) is 5.82 Å². The van der Waals surface area contributed by atoms with Gasteiger partial charge < -0.3 is 29.3 Å². The first-order valence-electron chi connectivity index (χ1n) is 10.6. The third-order valence-electron chi connectivity index (χ3n) is 5.26. The Labute approximate surface area is 192 Å². The molecule has 10 nitrogen and oxygen atoms in total. The van der Waals surface area contributed by atoms with E-state index in [0.717, 1.165) is 5.82 Å². The van der Waals surface area contributed by atoms with Crippen LogP contribution in [0.15, 0.2) is 36.5 Å². The molecule has 0 atom stereocenters. The van der Waals surface area contributed by atoms with Gasteiger partial charge in [0.1, 0.15) is 5.82 Å². The first kappa shape index (κ1) is 23.8. The lowest BCUT2D eigenvalue weighted by Crippen LogP contribution is -2.51. The van der Waals surface area contributed by atoms with E-state index in [1.165, 1.54) is 20.4 Å². The molecule has 2 heterocycles. The predicted molar refractivity (Wildman–Crippen MR) is 121 cm³/mol. The standard InChI is InChI=1S/C23H28N4O6/c1-4-33-23(30)17-6-8-20(24-14-17)26-9-11-27(12-10-26)21(28)15-25-22(29)16-5-7-18(31-2)19(13-16)32-3/h5-8,13-14H,4,9-12,15H2,1-3H3,(H,25,29). The Bertz CT molecular complexity index is 987. The number of rotatable bonds is 8. The lowest BCUT2D eigenvalue weighted by atomic mass is 10.2. The third-order valence-corrected chi connectivity index (χ3v) is 5.26. The Morgan fingerprint density at radius 3 is 2.27 bits per heavy atom. The number of amides is 2. The van der Waals surface area contributed by atoms with Crippen LogP contribution in [0.5, 0.6) is 11.5 Å². The van der Waals surface area contributed by atoms with E-state index in [-0.39, 0.29) is 18.4 Å². The Morgan fingerprint density at radius 2 is 1.67 bits per heavy atom. The van der Waals surface area contributed by atoms with Gasteiger partial charge in [0.2, 0.25) is 5.91 Å². The van der Waals surface area contributed by atoms with E-state index < -0.39 is 5.97 Å². The Balaban J connectivity index is 1.48. The van der Waals surface area contributed by atoms with Crippen LogP contribution < -0.4 is 19.7 Å². The molecule has 1 aliphatic rings. The highest BCUT2D eigenvalue weighted by atomic mass is 16.5. The SMILES string of the molecule is CCOC(=O)c1ccc(N2CCN(C(=O)CNC(=O)c3ccc(OC)c(OC)c3)CC2)nc1. The van der Waals surface area contributed by atoms with E-state index in [4.69, 9.17) is 14.2 Å². The number of carbonyl (C=O) groups excluding carboxylic acids is 3. The Morgan fingerprint density at radius 1 is 0.970 bits per heavy atom. The van der Waals surface area contributed by atoms with Crippen LogP contribution in [-0.2, 0) is 9.53 Å². The molecule has 1 aromatic heterocycles. The number of esters is 1. The average Bonchev–Trinajstić information content (AvgIpc) is 2.86. The number of nitrogens with one attached hydrogen (secondary N) is 1. The minimum atomic E-state index is -0.401. The molecule has 2 aromatic rings. The highest BCUT2D eigenvalue weighted by molar-refractivity contribution is 5.97.